The fourth-order valence-corrected chi connectivity index (χ4v) is 5.38. The Hall–Kier alpha value is -4.10. The first kappa shape index (κ1) is 23.6. The first-order valence-corrected chi connectivity index (χ1v) is 13.3. The zero-order chi connectivity index (χ0) is 25.1. The average molecular weight is 499 g/mol. The van der Waals surface area contributed by atoms with Crippen LogP contribution in [0.5, 0.6) is 11.5 Å². The van der Waals surface area contributed by atoms with E-state index in [-0.39, 0.29) is 10.8 Å². The first-order valence-electron chi connectivity index (χ1n) is 11.8. The van der Waals surface area contributed by atoms with Crippen molar-refractivity contribution in [2.75, 3.05) is 16.2 Å². The second-order valence-electron chi connectivity index (χ2n) is 8.73. The zero-order valence-corrected chi connectivity index (χ0v) is 20.7. The Bertz CT molecular complexity index is 1500. The Balaban J connectivity index is 1.40. The van der Waals surface area contributed by atoms with Gasteiger partial charge in [0.15, 0.2) is 5.75 Å². The summed E-state index contributed by atoms with van der Waals surface area (Å²) in [4.78, 5) is 15.0. The molecule has 1 aliphatic heterocycles. The molecule has 0 bridgehead atoms. The molecule has 6 nitrogen and oxygen atoms in total. The standard InChI is InChI=1S/C29H26N2O4S/c1-21-13-15-22(16-14-21)29(32)31-19-7-8-23-20-25(17-18-27(23)31)36(33,34)30-26-11-5-6-12-28(26)35-24-9-3-2-4-10-24/h2-6,9-18,20,30H,7-8,19H2,1H3. The van der Waals surface area contributed by atoms with Crippen molar-refractivity contribution >= 4 is 27.3 Å². The number of sulfonamides is 1. The number of carbonyl (C=O) groups is 1. The summed E-state index contributed by atoms with van der Waals surface area (Å²) in [6.07, 6.45) is 1.46. The molecule has 36 heavy (non-hydrogen) atoms. The summed E-state index contributed by atoms with van der Waals surface area (Å²) in [7, 11) is -3.89. The lowest BCUT2D eigenvalue weighted by molar-refractivity contribution is 0.0985. The number of amides is 1. The number of anilines is 2. The molecule has 4 aromatic rings. The van der Waals surface area contributed by atoms with Crippen LogP contribution < -0.4 is 14.4 Å². The molecule has 0 saturated carbocycles. The van der Waals surface area contributed by atoms with Crippen molar-refractivity contribution in [2.45, 2.75) is 24.7 Å². The number of hydrogen-bond donors (Lipinski definition) is 1. The molecule has 0 unspecified atom stereocenters. The maximum Gasteiger partial charge on any atom is 0.262 e. The maximum absolute atomic E-state index is 13.3. The Kier molecular flexibility index (Phi) is 6.48. The van der Waals surface area contributed by atoms with Gasteiger partial charge in [-0.3, -0.25) is 9.52 Å². The van der Waals surface area contributed by atoms with Gasteiger partial charge >= 0.3 is 0 Å². The summed E-state index contributed by atoms with van der Waals surface area (Å²) < 4.78 is 35.2. The Labute approximate surface area is 211 Å². The summed E-state index contributed by atoms with van der Waals surface area (Å²) in [5, 5.41) is 0. The monoisotopic (exact) mass is 498 g/mol. The topological polar surface area (TPSA) is 75.7 Å². The highest BCUT2D eigenvalue weighted by Gasteiger charge is 2.26. The van der Waals surface area contributed by atoms with Crippen molar-refractivity contribution in [3.05, 3.63) is 114 Å². The lowest BCUT2D eigenvalue weighted by Crippen LogP contribution is -2.35. The lowest BCUT2D eigenvalue weighted by atomic mass is 10.0. The molecule has 1 N–H and O–H groups in total. The van der Waals surface area contributed by atoms with E-state index in [1.165, 1.54) is 0 Å². The highest BCUT2D eigenvalue weighted by molar-refractivity contribution is 7.92. The summed E-state index contributed by atoms with van der Waals surface area (Å²) in [5.41, 5.74) is 3.62. The van der Waals surface area contributed by atoms with Gasteiger partial charge in [-0.1, -0.05) is 48.0 Å². The largest absolute Gasteiger partial charge is 0.455 e. The molecule has 1 heterocycles. The van der Waals surface area contributed by atoms with E-state index in [1.54, 1.807) is 59.5 Å². The predicted octanol–water partition coefficient (Wildman–Crippen LogP) is 6.18. The molecular weight excluding hydrogens is 472 g/mol. The van der Waals surface area contributed by atoms with Crippen LogP contribution in [-0.4, -0.2) is 20.9 Å². The first-order chi connectivity index (χ1) is 17.4. The molecule has 0 fully saturated rings. The number of aryl methyl sites for hydroxylation is 2. The fraction of sp³-hybridized carbons (Fsp3) is 0.138. The van der Waals surface area contributed by atoms with Crippen molar-refractivity contribution < 1.29 is 17.9 Å². The van der Waals surface area contributed by atoms with Gasteiger partial charge in [0.2, 0.25) is 0 Å². The molecule has 0 radical (unpaired) electrons. The van der Waals surface area contributed by atoms with Crippen LogP contribution in [0.3, 0.4) is 0 Å². The average Bonchev–Trinajstić information content (AvgIpc) is 2.89. The van der Waals surface area contributed by atoms with Crippen molar-refractivity contribution in [3.63, 3.8) is 0 Å². The van der Waals surface area contributed by atoms with Crippen molar-refractivity contribution in [2.24, 2.45) is 0 Å². The fourth-order valence-electron chi connectivity index (χ4n) is 4.26. The Morgan fingerprint density at radius 2 is 1.61 bits per heavy atom. The quantitative estimate of drug-likeness (QED) is 0.344. The van der Waals surface area contributed by atoms with Crippen LogP contribution in [0.2, 0.25) is 0 Å². The summed E-state index contributed by atoms with van der Waals surface area (Å²) in [6.45, 7) is 2.57. The van der Waals surface area contributed by atoms with Crippen LogP contribution in [0, 0.1) is 6.92 Å². The third-order valence-corrected chi connectivity index (χ3v) is 7.49. The highest BCUT2D eigenvalue weighted by atomic mass is 32.2. The number of ether oxygens (including phenoxy) is 1. The summed E-state index contributed by atoms with van der Waals surface area (Å²) in [5.74, 6) is 0.924. The number of nitrogens with one attached hydrogen (secondary N) is 1. The second-order valence-corrected chi connectivity index (χ2v) is 10.4. The number of benzene rings is 4. The Morgan fingerprint density at radius 3 is 2.39 bits per heavy atom. The number of carbonyl (C=O) groups excluding carboxylic acids is 1. The van der Waals surface area contributed by atoms with E-state index < -0.39 is 10.0 Å². The number of para-hydroxylation sites is 3. The third kappa shape index (κ3) is 4.97. The van der Waals surface area contributed by atoms with E-state index in [0.29, 0.717) is 35.7 Å². The van der Waals surface area contributed by atoms with Gasteiger partial charge in [0.1, 0.15) is 5.75 Å². The smallest absolute Gasteiger partial charge is 0.262 e. The minimum atomic E-state index is -3.89. The van der Waals surface area contributed by atoms with E-state index in [2.05, 4.69) is 4.72 Å². The maximum atomic E-state index is 13.3. The van der Waals surface area contributed by atoms with Crippen LogP contribution >= 0.6 is 0 Å². The van der Waals surface area contributed by atoms with Gasteiger partial charge in [0.05, 0.1) is 10.6 Å². The van der Waals surface area contributed by atoms with E-state index in [1.807, 2.05) is 49.4 Å². The predicted molar refractivity (Wildman–Crippen MR) is 141 cm³/mol. The van der Waals surface area contributed by atoms with Gasteiger partial charge in [0.25, 0.3) is 15.9 Å². The van der Waals surface area contributed by atoms with Gasteiger partial charge in [-0.2, -0.15) is 0 Å². The molecule has 0 atom stereocenters. The van der Waals surface area contributed by atoms with Crippen LogP contribution in [-0.2, 0) is 16.4 Å². The van der Waals surface area contributed by atoms with Crippen molar-refractivity contribution in [1.29, 1.82) is 0 Å². The zero-order valence-electron chi connectivity index (χ0n) is 19.8. The SMILES string of the molecule is Cc1ccc(C(=O)N2CCCc3cc(S(=O)(=O)Nc4ccccc4Oc4ccccc4)ccc32)cc1. The molecule has 0 aliphatic carbocycles. The molecule has 7 heteroatoms. The van der Waals surface area contributed by atoms with E-state index in [9.17, 15) is 13.2 Å². The highest BCUT2D eigenvalue weighted by Crippen LogP contribution is 2.34. The third-order valence-electron chi connectivity index (χ3n) is 6.13. The molecule has 1 amide bonds. The van der Waals surface area contributed by atoms with E-state index in [4.69, 9.17) is 4.74 Å². The Morgan fingerprint density at radius 1 is 0.889 bits per heavy atom. The molecule has 0 saturated heterocycles. The summed E-state index contributed by atoms with van der Waals surface area (Å²) >= 11 is 0. The van der Waals surface area contributed by atoms with Crippen LogP contribution in [0.1, 0.15) is 27.9 Å². The van der Waals surface area contributed by atoms with Crippen molar-refractivity contribution in [3.8, 4) is 11.5 Å². The van der Waals surface area contributed by atoms with Gasteiger partial charge in [-0.25, -0.2) is 8.42 Å². The minimum Gasteiger partial charge on any atom is -0.455 e. The van der Waals surface area contributed by atoms with E-state index >= 15 is 0 Å². The van der Waals surface area contributed by atoms with Gasteiger partial charge in [0, 0.05) is 17.8 Å². The molecule has 1 aliphatic rings. The van der Waals surface area contributed by atoms with Gasteiger partial charge in [-0.15, -0.1) is 0 Å². The van der Waals surface area contributed by atoms with Crippen LogP contribution in [0.4, 0.5) is 11.4 Å². The molecular formula is C29H26N2O4S. The minimum absolute atomic E-state index is 0.0864. The number of fused-ring (bicyclic) bond motifs is 1. The lowest BCUT2D eigenvalue weighted by Gasteiger charge is -2.30. The van der Waals surface area contributed by atoms with Crippen LogP contribution in [0.25, 0.3) is 0 Å². The molecule has 0 aromatic heterocycles. The van der Waals surface area contributed by atoms with Crippen LogP contribution in [0.15, 0.2) is 102 Å². The number of nitrogens with zero attached hydrogens (tertiary/aromatic N) is 1. The van der Waals surface area contributed by atoms with Crippen molar-refractivity contribution in [1.82, 2.24) is 0 Å². The molecule has 182 valence electrons. The van der Waals surface area contributed by atoms with E-state index in [0.717, 1.165) is 23.2 Å². The van der Waals surface area contributed by atoms with Gasteiger partial charge < -0.3 is 9.64 Å². The summed E-state index contributed by atoms with van der Waals surface area (Å²) in [6, 6.07) is 28.5. The molecule has 0 spiro atoms. The molecule has 4 aromatic carbocycles. The second kappa shape index (κ2) is 9.87. The normalized spacial score (nSPS) is 13.1. The number of hydrogen-bond acceptors (Lipinski definition) is 4. The van der Waals surface area contributed by atoms with Gasteiger partial charge in [-0.05, 0) is 79.9 Å². The molecule has 5 rings (SSSR count). The number of rotatable bonds is 6.